The van der Waals surface area contributed by atoms with Crippen LogP contribution in [0.5, 0.6) is 11.5 Å². The Hall–Kier alpha value is -2.87. The molecule has 1 spiro atoms. The summed E-state index contributed by atoms with van der Waals surface area (Å²) in [5, 5.41) is 22.7. The summed E-state index contributed by atoms with van der Waals surface area (Å²) in [6.45, 7) is 4.11. The number of carbonyl (C=O) groups excluding carboxylic acids is 3. The molecule has 5 N–H and O–H groups in total. The van der Waals surface area contributed by atoms with Gasteiger partial charge in [0.25, 0.3) is 5.91 Å². The van der Waals surface area contributed by atoms with Crippen LogP contribution in [0.4, 0.5) is 5.69 Å². The number of allylic oxidation sites excluding steroid dienone is 2. The molecular weight excluding hydrogens is 412 g/mol. The molecule has 4 fully saturated rings. The molecule has 5 aliphatic rings. The van der Waals surface area contributed by atoms with Crippen molar-refractivity contribution in [2.24, 2.45) is 28.4 Å². The molecule has 8 heteroatoms. The van der Waals surface area contributed by atoms with Crippen molar-refractivity contribution in [2.45, 2.75) is 57.7 Å². The van der Waals surface area contributed by atoms with Crippen LogP contribution in [0.3, 0.4) is 0 Å². The Bertz CT molecular complexity index is 1080. The molecule has 0 aromatic heterocycles. The van der Waals surface area contributed by atoms with E-state index in [9.17, 15) is 24.6 Å². The maximum atomic E-state index is 13.1. The molecule has 2 amide bonds. The number of phenols is 2. The minimum absolute atomic E-state index is 0.00454. The standard InChI is InChI=1S/C24H28N2O6/c1-22(7-6-17(29)26-18-14(27)4-3-13(19(18)30)21(25)31)16(28)5-8-24-10-12-9-15(20(22)24)32-23(12,2)11-24/h3-5,8,12,15,20,27,30H,6-7,9-11H2,1-2H3,(H2,25,31)(H,26,29)/t12-,15+,20+,22-,23+,24+/m1/s1. The number of anilines is 1. The Labute approximate surface area is 185 Å². The summed E-state index contributed by atoms with van der Waals surface area (Å²) in [5.74, 6) is -1.78. The van der Waals surface area contributed by atoms with Crippen LogP contribution in [-0.4, -0.2) is 39.5 Å². The smallest absolute Gasteiger partial charge is 0.252 e. The van der Waals surface area contributed by atoms with Crippen LogP contribution in [0.15, 0.2) is 24.3 Å². The molecule has 6 atom stereocenters. The van der Waals surface area contributed by atoms with E-state index in [0.717, 1.165) is 19.3 Å². The first kappa shape index (κ1) is 21.0. The number of benzene rings is 1. The number of ketones is 1. The molecule has 2 aliphatic heterocycles. The van der Waals surface area contributed by atoms with Gasteiger partial charge in [-0.05, 0) is 62.1 Å². The highest BCUT2D eigenvalue weighted by Gasteiger charge is 2.71. The van der Waals surface area contributed by atoms with Crippen molar-refractivity contribution in [1.29, 1.82) is 0 Å². The molecular formula is C24H28N2O6. The Kier molecular flexibility index (Phi) is 4.31. The summed E-state index contributed by atoms with van der Waals surface area (Å²) in [6.07, 6.45) is 6.99. The molecule has 6 rings (SSSR count). The van der Waals surface area contributed by atoms with Gasteiger partial charge in [-0.25, -0.2) is 0 Å². The highest BCUT2D eigenvalue weighted by molar-refractivity contribution is 6.02. The van der Waals surface area contributed by atoms with Crippen molar-refractivity contribution in [3.63, 3.8) is 0 Å². The number of hydrogen-bond donors (Lipinski definition) is 4. The van der Waals surface area contributed by atoms with Gasteiger partial charge in [0.15, 0.2) is 11.5 Å². The molecule has 2 heterocycles. The Balaban J connectivity index is 1.36. The monoisotopic (exact) mass is 440 g/mol. The number of aromatic hydroxyl groups is 2. The van der Waals surface area contributed by atoms with E-state index in [1.165, 1.54) is 12.1 Å². The predicted molar refractivity (Wildman–Crippen MR) is 115 cm³/mol. The average Bonchev–Trinajstić information content (AvgIpc) is 3.08. The zero-order valence-corrected chi connectivity index (χ0v) is 18.2. The number of nitrogens with two attached hydrogens (primary N) is 1. The highest BCUT2D eigenvalue weighted by atomic mass is 16.5. The van der Waals surface area contributed by atoms with Crippen molar-refractivity contribution in [3.8, 4) is 11.5 Å². The van der Waals surface area contributed by atoms with Gasteiger partial charge in [-0.2, -0.15) is 0 Å². The van der Waals surface area contributed by atoms with Gasteiger partial charge in [0.2, 0.25) is 5.91 Å². The first-order valence-corrected chi connectivity index (χ1v) is 11.1. The van der Waals surface area contributed by atoms with E-state index in [2.05, 4.69) is 18.3 Å². The molecule has 3 aliphatic carbocycles. The van der Waals surface area contributed by atoms with Crippen LogP contribution in [0.25, 0.3) is 0 Å². The minimum atomic E-state index is -0.880. The number of primary amides is 1. The van der Waals surface area contributed by atoms with Crippen molar-refractivity contribution in [2.75, 3.05) is 5.32 Å². The van der Waals surface area contributed by atoms with E-state index >= 15 is 0 Å². The van der Waals surface area contributed by atoms with Crippen LogP contribution in [0.2, 0.25) is 0 Å². The topological polar surface area (TPSA) is 139 Å². The molecule has 1 aromatic carbocycles. The molecule has 0 unspecified atom stereocenters. The summed E-state index contributed by atoms with van der Waals surface area (Å²) >= 11 is 0. The van der Waals surface area contributed by atoms with E-state index in [1.807, 2.05) is 6.92 Å². The predicted octanol–water partition coefficient (Wildman–Crippen LogP) is 2.63. The second kappa shape index (κ2) is 6.57. The summed E-state index contributed by atoms with van der Waals surface area (Å²) in [6, 6.07) is 2.36. The van der Waals surface area contributed by atoms with Crippen LogP contribution in [0, 0.1) is 22.7 Å². The molecule has 8 nitrogen and oxygen atoms in total. The quantitative estimate of drug-likeness (QED) is 0.519. The van der Waals surface area contributed by atoms with Crippen molar-refractivity contribution >= 4 is 23.3 Å². The fourth-order valence-corrected chi connectivity index (χ4v) is 7.12. The van der Waals surface area contributed by atoms with Crippen LogP contribution in [0.1, 0.15) is 56.3 Å². The maximum Gasteiger partial charge on any atom is 0.252 e. The molecule has 4 bridgehead atoms. The lowest BCUT2D eigenvalue weighted by Crippen LogP contribution is -2.56. The van der Waals surface area contributed by atoms with Gasteiger partial charge < -0.3 is 26.0 Å². The van der Waals surface area contributed by atoms with Crippen molar-refractivity contribution in [1.82, 2.24) is 0 Å². The van der Waals surface area contributed by atoms with Gasteiger partial charge in [0.05, 0.1) is 17.3 Å². The molecule has 0 radical (unpaired) electrons. The van der Waals surface area contributed by atoms with Gasteiger partial charge >= 0.3 is 0 Å². The van der Waals surface area contributed by atoms with Crippen LogP contribution in [-0.2, 0) is 14.3 Å². The van der Waals surface area contributed by atoms with E-state index in [1.54, 1.807) is 6.08 Å². The number of hydrogen-bond acceptors (Lipinski definition) is 6. The summed E-state index contributed by atoms with van der Waals surface area (Å²) in [7, 11) is 0. The summed E-state index contributed by atoms with van der Waals surface area (Å²) < 4.78 is 6.42. The lowest BCUT2D eigenvalue weighted by atomic mass is 9.51. The Morgan fingerprint density at radius 3 is 2.72 bits per heavy atom. The lowest BCUT2D eigenvalue weighted by molar-refractivity contribution is -0.169. The fraction of sp³-hybridized carbons (Fsp3) is 0.542. The van der Waals surface area contributed by atoms with Gasteiger partial charge in [-0.15, -0.1) is 0 Å². The van der Waals surface area contributed by atoms with Gasteiger partial charge in [0.1, 0.15) is 11.4 Å². The second-order valence-electron chi connectivity index (χ2n) is 10.4. The number of nitrogens with one attached hydrogen (secondary N) is 1. The first-order chi connectivity index (χ1) is 15.0. The van der Waals surface area contributed by atoms with E-state index < -0.39 is 23.0 Å². The maximum absolute atomic E-state index is 13.1. The number of ether oxygens (including phenoxy) is 1. The van der Waals surface area contributed by atoms with Crippen LogP contribution >= 0.6 is 0 Å². The highest BCUT2D eigenvalue weighted by Crippen LogP contribution is 2.71. The number of phenolic OH excluding ortho intramolecular Hbond substituents is 1. The zero-order chi connectivity index (χ0) is 23.1. The lowest BCUT2D eigenvalue weighted by Gasteiger charge is -2.55. The minimum Gasteiger partial charge on any atom is -0.506 e. The largest absolute Gasteiger partial charge is 0.506 e. The molecule has 1 aromatic rings. The van der Waals surface area contributed by atoms with E-state index in [0.29, 0.717) is 12.3 Å². The zero-order valence-electron chi connectivity index (χ0n) is 18.2. The molecule has 2 saturated carbocycles. The molecule has 32 heavy (non-hydrogen) atoms. The third-order valence-corrected chi connectivity index (χ3v) is 8.47. The van der Waals surface area contributed by atoms with Gasteiger partial charge in [-0.1, -0.05) is 13.0 Å². The van der Waals surface area contributed by atoms with Crippen molar-refractivity contribution in [3.05, 3.63) is 29.8 Å². The van der Waals surface area contributed by atoms with E-state index in [-0.39, 0.29) is 52.2 Å². The fourth-order valence-electron chi connectivity index (χ4n) is 7.12. The number of carbonyl (C=O) groups is 3. The Morgan fingerprint density at radius 2 is 2.03 bits per heavy atom. The first-order valence-electron chi connectivity index (χ1n) is 11.1. The summed E-state index contributed by atoms with van der Waals surface area (Å²) in [5.41, 5.74) is 3.82. The third kappa shape index (κ3) is 2.75. The molecule has 170 valence electrons. The van der Waals surface area contributed by atoms with Crippen LogP contribution < -0.4 is 11.1 Å². The number of amides is 2. The molecule has 2 saturated heterocycles. The average molecular weight is 440 g/mol. The Morgan fingerprint density at radius 1 is 1.28 bits per heavy atom. The summed E-state index contributed by atoms with van der Waals surface area (Å²) in [4.78, 5) is 37.3. The number of rotatable bonds is 5. The normalized spacial score (nSPS) is 38.7. The second-order valence-corrected chi connectivity index (χ2v) is 10.4. The SMILES string of the molecule is C[C@]12C[C@@]34C=CC(=O)[C@@](C)(CCC(=O)Nc5c(O)ccc(C(N)=O)c5O)[C@@H]3[C@H](C[C@@H]1C4)O2. The van der Waals surface area contributed by atoms with Gasteiger partial charge in [-0.3, -0.25) is 14.4 Å². The van der Waals surface area contributed by atoms with Gasteiger partial charge in [0, 0.05) is 17.8 Å². The van der Waals surface area contributed by atoms with Crippen molar-refractivity contribution < 1.29 is 29.3 Å². The third-order valence-electron chi connectivity index (χ3n) is 8.47. The van der Waals surface area contributed by atoms with E-state index in [4.69, 9.17) is 10.5 Å².